The van der Waals surface area contributed by atoms with E-state index in [1.807, 2.05) is 0 Å². The summed E-state index contributed by atoms with van der Waals surface area (Å²) in [4.78, 5) is 2.62. The molecule has 2 N–H and O–H groups in total. The van der Waals surface area contributed by atoms with Gasteiger partial charge in [0.25, 0.3) is 0 Å². The molecule has 1 aliphatic heterocycles. The molecule has 1 aromatic rings. The summed E-state index contributed by atoms with van der Waals surface area (Å²) in [5.41, 5.74) is 10.3. The largest absolute Gasteiger partial charge is 0.329 e. The van der Waals surface area contributed by atoms with Gasteiger partial charge in [-0.2, -0.15) is 0 Å². The Morgan fingerprint density at radius 2 is 2.05 bits per heavy atom. The van der Waals surface area contributed by atoms with E-state index < -0.39 is 0 Å². The van der Waals surface area contributed by atoms with Crippen LogP contribution in [0.2, 0.25) is 0 Å². The lowest BCUT2D eigenvalue weighted by Gasteiger charge is -2.43. The predicted octanol–water partition coefficient (Wildman–Crippen LogP) is 3.42. The minimum atomic E-state index is 0.373. The first-order valence-corrected chi connectivity index (χ1v) is 7.58. The van der Waals surface area contributed by atoms with Crippen LogP contribution >= 0.6 is 0 Å². The van der Waals surface area contributed by atoms with E-state index in [4.69, 9.17) is 5.73 Å². The van der Waals surface area contributed by atoms with Crippen molar-refractivity contribution < 1.29 is 0 Å². The third-order valence-electron chi connectivity index (χ3n) is 5.05. The van der Waals surface area contributed by atoms with Crippen LogP contribution < -0.4 is 5.73 Å². The monoisotopic (exact) mass is 260 g/mol. The number of hydrogen-bond acceptors (Lipinski definition) is 2. The number of aryl methyl sites for hydroxylation is 1. The van der Waals surface area contributed by atoms with Crippen molar-refractivity contribution >= 4 is 0 Å². The molecule has 1 saturated heterocycles. The summed E-state index contributed by atoms with van der Waals surface area (Å²) in [7, 11) is 0. The Bertz CT molecular complexity index is 427. The second kappa shape index (κ2) is 6.06. The molecule has 0 aliphatic carbocycles. The average molecular weight is 260 g/mol. The van der Waals surface area contributed by atoms with Crippen LogP contribution in [0.1, 0.15) is 49.4 Å². The molecule has 3 atom stereocenters. The molecule has 1 aliphatic rings. The van der Waals surface area contributed by atoms with Crippen LogP contribution in [0.5, 0.6) is 0 Å². The first-order valence-electron chi connectivity index (χ1n) is 7.58. The van der Waals surface area contributed by atoms with Gasteiger partial charge in [-0.1, -0.05) is 25.1 Å². The highest BCUT2D eigenvalue weighted by atomic mass is 15.2. The molecule has 3 unspecified atom stereocenters. The summed E-state index contributed by atoms with van der Waals surface area (Å²) in [6.45, 7) is 11.0. The maximum Gasteiger partial charge on any atom is 0.0476 e. The molecule has 1 fully saturated rings. The van der Waals surface area contributed by atoms with Crippen molar-refractivity contribution in [1.82, 2.24) is 4.90 Å². The van der Waals surface area contributed by atoms with Crippen molar-refractivity contribution in [3.63, 3.8) is 0 Å². The van der Waals surface area contributed by atoms with Crippen molar-refractivity contribution in [3.05, 3.63) is 34.9 Å². The number of nitrogens with two attached hydrogens (primary N) is 1. The van der Waals surface area contributed by atoms with Gasteiger partial charge in [-0.15, -0.1) is 0 Å². The van der Waals surface area contributed by atoms with E-state index in [-0.39, 0.29) is 0 Å². The van der Waals surface area contributed by atoms with Crippen molar-refractivity contribution in [2.75, 3.05) is 13.1 Å². The molecule has 2 rings (SSSR count). The summed E-state index contributed by atoms with van der Waals surface area (Å²) < 4.78 is 0. The lowest BCUT2D eigenvalue weighted by atomic mass is 9.88. The third-order valence-corrected chi connectivity index (χ3v) is 5.05. The SMILES string of the molecule is Cc1cccc(C(CN)N2CCCC(C)C2C)c1C. The fraction of sp³-hybridized carbons (Fsp3) is 0.647. The van der Waals surface area contributed by atoms with Gasteiger partial charge >= 0.3 is 0 Å². The standard InChI is InChI=1S/C17H28N2/c1-12-7-5-9-16(14(12)3)17(11-18)19-10-6-8-13(2)15(19)4/h5,7,9,13,15,17H,6,8,10-11,18H2,1-4H3. The summed E-state index contributed by atoms with van der Waals surface area (Å²) in [5, 5.41) is 0. The Hall–Kier alpha value is -0.860. The average Bonchev–Trinajstić information content (AvgIpc) is 2.40. The van der Waals surface area contributed by atoms with Crippen LogP contribution in [0.3, 0.4) is 0 Å². The predicted molar refractivity (Wildman–Crippen MR) is 82.3 cm³/mol. The van der Waals surface area contributed by atoms with Crippen molar-refractivity contribution in [3.8, 4) is 0 Å². The molecule has 1 heterocycles. The molecule has 2 heteroatoms. The molecule has 1 aromatic carbocycles. The highest BCUT2D eigenvalue weighted by Crippen LogP contribution is 2.32. The zero-order chi connectivity index (χ0) is 14.0. The fourth-order valence-corrected chi connectivity index (χ4v) is 3.38. The second-order valence-electron chi connectivity index (χ2n) is 6.14. The lowest BCUT2D eigenvalue weighted by Crippen LogP contribution is -2.46. The minimum Gasteiger partial charge on any atom is -0.329 e. The van der Waals surface area contributed by atoms with Crippen LogP contribution in [-0.2, 0) is 0 Å². The fourth-order valence-electron chi connectivity index (χ4n) is 3.38. The zero-order valence-corrected chi connectivity index (χ0v) is 12.8. The molecule has 106 valence electrons. The van der Waals surface area contributed by atoms with Crippen LogP contribution in [0.25, 0.3) is 0 Å². The van der Waals surface area contributed by atoms with E-state index in [2.05, 4.69) is 50.8 Å². The number of rotatable bonds is 3. The number of hydrogen-bond donors (Lipinski definition) is 1. The minimum absolute atomic E-state index is 0.373. The highest BCUT2D eigenvalue weighted by Gasteiger charge is 2.31. The number of piperidine rings is 1. The van der Waals surface area contributed by atoms with Gasteiger partial charge in [-0.3, -0.25) is 4.90 Å². The van der Waals surface area contributed by atoms with Gasteiger partial charge in [-0.25, -0.2) is 0 Å². The smallest absolute Gasteiger partial charge is 0.0476 e. The Kier molecular flexibility index (Phi) is 4.64. The molecule has 2 nitrogen and oxygen atoms in total. The van der Waals surface area contributed by atoms with Gasteiger partial charge in [-0.05, 0) is 62.8 Å². The van der Waals surface area contributed by atoms with Crippen LogP contribution in [-0.4, -0.2) is 24.0 Å². The lowest BCUT2D eigenvalue weighted by molar-refractivity contribution is 0.0707. The van der Waals surface area contributed by atoms with Gasteiger partial charge in [0.05, 0.1) is 0 Å². The van der Waals surface area contributed by atoms with Gasteiger partial charge < -0.3 is 5.73 Å². The number of benzene rings is 1. The van der Waals surface area contributed by atoms with Gasteiger partial charge in [0, 0.05) is 18.6 Å². The Balaban J connectivity index is 2.31. The van der Waals surface area contributed by atoms with Crippen molar-refractivity contribution in [1.29, 1.82) is 0 Å². The van der Waals surface area contributed by atoms with E-state index in [9.17, 15) is 0 Å². The molecule has 0 bridgehead atoms. The molecule has 0 saturated carbocycles. The molecule has 0 spiro atoms. The molecular weight excluding hydrogens is 232 g/mol. The van der Waals surface area contributed by atoms with Gasteiger partial charge in [0.2, 0.25) is 0 Å². The van der Waals surface area contributed by atoms with Crippen LogP contribution in [0.15, 0.2) is 18.2 Å². The van der Waals surface area contributed by atoms with Crippen molar-refractivity contribution in [2.24, 2.45) is 11.7 Å². The van der Waals surface area contributed by atoms with Gasteiger partial charge in [0.15, 0.2) is 0 Å². The van der Waals surface area contributed by atoms with Crippen molar-refractivity contribution in [2.45, 2.75) is 52.6 Å². The summed E-state index contributed by atoms with van der Waals surface area (Å²) >= 11 is 0. The first kappa shape index (κ1) is 14.5. The normalized spacial score (nSPS) is 26.4. The van der Waals surface area contributed by atoms with Gasteiger partial charge in [0.1, 0.15) is 0 Å². The Morgan fingerprint density at radius 3 is 2.74 bits per heavy atom. The third kappa shape index (κ3) is 2.85. The number of nitrogens with zero attached hydrogens (tertiary/aromatic N) is 1. The maximum atomic E-state index is 6.12. The Labute approximate surface area is 118 Å². The van der Waals surface area contributed by atoms with E-state index in [0.29, 0.717) is 18.6 Å². The van der Waals surface area contributed by atoms with Crippen LogP contribution in [0.4, 0.5) is 0 Å². The quantitative estimate of drug-likeness (QED) is 0.902. The van der Waals surface area contributed by atoms with E-state index in [1.54, 1.807) is 0 Å². The van der Waals surface area contributed by atoms with Crippen LogP contribution in [0, 0.1) is 19.8 Å². The van der Waals surface area contributed by atoms with E-state index in [1.165, 1.54) is 36.1 Å². The highest BCUT2D eigenvalue weighted by molar-refractivity contribution is 5.35. The second-order valence-corrected chi connectivity index (χ2v) is 6.14. The Morgan fingerprint density at radius 1 is 1.32 bits per heavy atom. The topological polar surface area (TPSA) is 29.3 Å². The molecule has 19 heavy (non-hydrogen) atoms. The van der Waals surface area contributed by atoms with E-state index >= 15 is 0 Å². The molecule has 0 aromatic heterocycles. The first-order chi connectivity index (χ1) is 9.06. The summed E-state index contributed by atoms with van der Waals surface area (Å²) in [6, 6.07) is 7.61. The van der Waals surface area contributed by atoms with E-state index in [0.717, 1.165) is 5.92 Å². The number of likely N-dealkylation sites (tertiary alicyclic amines) is 1. The zero-order valence-electron chi connectivity index (χ0n) is 12.8. The molecule has 0 amide bonds. The molecule has 0 radical (unpaired) electrons. The summed E-state index contributed by atoms with van der Waals surface area (Å²) in [5.74, 6) is 0.771. The maximum absolute atomic E-state index is 6.12. The summed E-state index contributed by atoms with van der Waals surface area (Å²) in [6.07, 6.45) is 2.65. The molecular formula is C17H28N2.